The molecule has 0 bridgehead atoms. The van der Waals surface area contributed by atoms with Gasteiger partial charge in [-0.2, -0.15) is 0 Å². The van der Waals surface area contributed by atoms with Gasteiger partial charge in [0, 0.05) is 6.92 Å². The minimum atomic E-state index is -0.279. The van der Waals surface area contributed by atoms with Crippen LogP contribution in [0.1, 0.15) is 39.5 Å². The highest BCUT2D eigenvalue weighted by atomic mass is 16.5. The van der Waals surface area contributed by atoms with Crippen LogP contribution >= 0.6 is 0 Å². The van der Waals surface area contributed by atoms with Gasteiger partial charge >= 0.3 is 5.97 Å². The van der Waals surface area contributed by atoms with E-state index < -0.39 is 0 Å². The van der Waals surface area contributed by atoms with E-state index in [0.717, 1.165) is 25.7 Å². The molecule has 2 unspecified atom stereocenters. The van der Waals surface area contributed by atoms with Gasteiger partial charge in [0.2, 0.25) is 0 Å². The Kier molecular flexibility index (Phi) is 3.46. The van der Waals surface area contributed by atoms with Crippen molar-refractivity contribution in [3.8, 4) is 0 Å². The van der Waals surface area contributed by atoms with Crippen LogP contribution in [-0.2, 0) is 14.3 Å². The van der Waals surface area contributed by atoms with Crippen LogP contribution in [0.3, 0.4) is 0 Å². The Morgan fingerprint density at radius 2 is 1.77 bits per heavy atom. The van der Waals surface area contributed by atoms with Gasteiger partial charge in [0.1, 0.15) is 11.9 Å². The fraction of sp³-hybridized carbons (Fsp3) is 0.800. The summed E-state index contributed by atoms with van der Waals surface area (Å²) >= 11 is 0. The minimum Gasteiger partial charge on any atom is -0.462 e. The molecule has 1 saturated carbocycles. The van der Waals surface area contributed by atoms with Crippen molar-refractivity contribution in [3.63, 3.8) is 0 Å². The van der Waals surface area contributed by atoms with Crippen molar-refractivity contribution in [1.82, 2.24) is 0 Å². The van der Waals surface area contributed by atoms with Gasteiger partial charge in [0.25, 0.3) is 0 Å². The lowest BCUT2D eigenvalue weighted by atomic mass is 9.84. The predicted molar refractivity (Wildman–Crippen MR) is 48.2 cm³/mol. The molecule has 0 aromatic heterocycles. The van der Waals surface area contributed by atoms with E-state index in [-0.39, 0.29) is 23.8 Å². The minimum absolute atomic E-state index is 0.0577. The number of carbonyl (C=O) groups excluding carboxylic acids is 2. The van der Waals surface area contributed by atoms with Crippen LogP contribution in [0, 0.1) is 5.92 Å². The summed E-state index contributed by atoms with van der Waals surface area (Å²) < 4.78 is 5.11. The van der Waals surface area contributed by atoms with Gasteiger partial charge < -0.3 is 4.74 Å². The van der Waals surface area contributed by atoms with Crippen molar-refractivity contribution in [1.29, 1.82) is 0 Å². The van der Waals surface area contributed by atoms with E-state index in [1.54, 1.807) is 6.92 Å². The molecule has 0 saturated heterocycles. The quantitative estimate of drug-likeness (QED) is 0.613. The third kappa shape index (κ3) is 2.83. The standard InChI is InChI=1S/C10H16O3/c1-7(11)9-5-3-4-6-10(9)13-8(2)12/h9-10H,3-6H2,1-2H3. The van der Waals surface area contributed by atoms with Crippen LogP contribution in [0.25, 0.3) is 0 Å². The van der Waals surface area contributed by atoms with E-state index in [4.69, 9.17) is 4.74 Å². The molecule has 0 radical (unpaired) electrons. The van der Waals surface area contributed by atoms with Crippen LogP contribution in [0.2, 0.25) is 0 Å². The lowest BCUT2D eigenvalue weighted by Crippen LogP contribution is -2.33. The van der Waals surface area contributed by atoms with Crippen molar-refractivity contribution in [2.75, 3.05) is 0 Å². The number of hydrogen-bond acceptors (Lipinski definition) is 3. The number of ether oxygens (including phenoxy) is 1. The first-order chi connectivity index (χ1) is 6.11. The molecular weight excluding hydrogens is 168 g/mol. The van der Waals surface area contributed by atoms with Crippen molar-refractivity contribution >= 4 is 11.8 Å². The molecule has 13 heavy (non-hydrogen) atoms. The number of Topliss-reactive ketones (excluding diaryl/α,β-unsaturated/α-hetero) is 1. The maximum atomic E-state index is 11.2. The van der Waals surface area contributed by atoms with Gasteiger partial charge in [0.15, 0.2) is 0 Å². The maximum Gasteiger partial charge on any atom is 0.302 e. The SMILES string of the molecule is CC(=O)OC1CCCCC1C(C)=O. The van der Waals surface area contributed by atoms with E-state index >= 15 is 0 Å². The topological polar surface area (TPSA) is 43.4 Å². The molecule has 0 spiro atoms. The second-order valence-electron chi connectivity index (χ2n) is 3.65. The molecule has 1 aliphatic rings. The van der Waals surface area contributed by atoms with Crippen LogP contribution < -0.4 is 0 Å². The van der Waals surface area contributed by atoms with Gasteiger partial charge in [-0.3, -0.25) is 9.59 Å². The summed E-state index contributed by atoms with van der Waals surface area (Å²) in [6, 6.07) is 0. The Hall–Kier alpha value is -0.860. The normalized spacial score (nSPS) is 28.2. The number of ketones is 1. The number of esters is 1. The molecule has 0 heterocycles. The lowest BCUT2D eigenvalue weighted by molar-refractivity contribution is -0.152. The van der Waals surface area contributed by atoms with E-state index in [1.807, 2.05) is 0 Å². The smallest absolute Gasteiger partial charge is 0.302 e. The zero-order valence-electron chi connectivity index (χ0n) is 8.21. The molecule has 0 N–H and O–H groups in total. The van der Waals surface area contributed by atoms with Gasteiger partial charge in [0.05, 0.1) is 5.92 Å². The molecule has 1 rings (SSSR count). The molecule has 0 aromatic rings. The Bertz CT molecular complexity index is 210. The molecule has 74 valence electrons. The first-order valence-electron chi connectivity index (χ1n) is 4.79. The van der Waals surface area contributed by atoms with Crippen LogP contribution in [0.15, 0.2) is 0 Å². The zero-order chi connectivity index (χ0) is 9.84. The van der Waals surface area contributed by atoms with Crippen LogP contribution in [0.4, 0.5) is 0 Å². The average Bonchev–Trinajstić information content (AvgIpc) is 2.03. The van der Waals surface area contributed by atoms with Crippen LogP contribution in [0.5, 0.6) is 0 Å². The Morgan fingerprint density at radius 1 is 1.15 bits per heavy atom. The summed E-state index contributed by atoms with van der Waals surface area (Å²) in [4.78, 5) is 21.9. The van der Waals surface area contributed by atoms with E-state index in [1.165, 1.54) is 6.92 Å². The number of carbonyl (C=O) groups is 2. The third-order valence-corrected chi connectivity index (χ3v) is 2.54. The molecule has 0 amide bonds. The van der Waals surface area contributed by atoms with E-state index in [2.05, 4.69) is 0 Å². The molecule has 2 atom stereocenters. The fourth-order valence-corrected chi connectivity index (χ4v) is 1.92. The summed E-state index contributed by atoms with van der Waals surface area (Å²) in [5, 5.41) is 0. The summed E-state index contributed by atoms with van der Waals surface area (Å²) in [6.07, 6.45) is 3.67. The third-order valence-electron chi connectivity index (χ3n) is 2.54. The van der Waals surface area contributed by atoms with Crippen molar-refractivity contribution < 1.29 is 14.3 Å². The highest BCUT2D eigenvalue weighted by Crippen LogP contribution is 2.27. The average molecular weight is 184 g/mol. The van der Waals surface area contributed by atoms with E-state index in [9.17, 15) is 9.59 Å². The molecular formula is C10H16O3. The van der Waals surface area contributed by atoms with Crippen LogP contribution in [-0.4, -0.2) is 17.9 Å². The second-order valence-corrected chi connectivity index (χ2v) is 3.65. The molecule has 1 fully saturated rings. The predicted octanol–water partition coefficient (Wildman–Crippen LogP) is 1.70. The Balaban J connectivity index is 2.56. The molecule has 0 aromatic carbocycles. The van der Waals surface area contributed by atoms with E-state index in [0.29, 0.717) is 0 Å². The number of hydrogen-bond donors (Lipinski definition) is 0. The molecule has 3 nitrogen and oxygen atoms in total. The lowest BCUT2D eigenvalue weighted by Gasteiger charge is -2.28. The summed E-state index contributed by atoms with van der Waals surface area (Å²) in [6.45, 7) is 2.97. The fourth-order valence-electron chi connectivity index (χ4n) is 1.92. The Morgan fingerprint density at radius 3 is 2.31 bits per heavy atom. The highest BCUT2D eigenvalue weighted by Gasteiger charge is 2.30. The largest absolute Gasteiger partial charge is 0.462 e. The first-order valence-corrected chi connectivity index (χ1v) is 4.79. The van der Waals surface area contributed by atoms with Gasteiger partial charge in [-0.15, -0.1) is 0 Å². The Labute approximate surface area is 78.5 Å². The molecule has 3 heteroatoms. The second kappa shape index (κ2) is 4.40. The summed E-state index contributed by atoms with van der Waals surface area (Å²) in [5.41, 5.74) is 0. The summed E-state index contributed by atoms with van der Waals surface area (Å²) in [7, 11) is 0. The highest BCUT2D eigenvalue weighted by molar-refractivity contribution is 5.79. The van der Waals surface area contributed by atoms with Gasteiger partial charge in [-0.1, -0.05) is 6.42 Å². The molecule has 0 aliphatic heterocycles. The maximum absolute atomic E-state index is 11.2. The van der Waals surface area contributed by atoms with Crippen molar-refractivity contribution in [2.45, 2.75) is 45.6 Å². The van der Waals surface area contributed by atoms with Crippen molar-refractivity contribution in [2.24, 2.45) is 5.92 Å². The van der Waals surface area contributed by atoms with Crippen molar-refractivity contribution in [3.05, 3.63) is 0 Å². The van der Waals surface area contributed by atoms with Gasteiger partial charge in [-0.25, -0.2) is 0 Å². The summed E-state index contributed by atoms with van der Waals surface area (Å²) in [5.74, 6) is -0.193. The zero-order valence-corrected chi connectivity index (χ0v) is 8.21. The molecule has 1 aliphatic carbocycles. The first kappa shape index (κ1) is 10.2. The van der Waals surface area contributed by atoms with Gasteiger partial charge in [-0.05, 0) is 26.2 Å². The monoisotopic (exact) mass is 184 g/mol. The number of rotatable bonds is 2.